The number of primary amides is 1. The molecule has 0 spiro atoms. The Hall–Kier alpha value is -1.43. The maximum absolute atomic E-state index is 11.5. The Labute approximate surface area is 95.2 Å². The van der Waals surface area contributed by atoms with Gasteiger partial charge >= 0.3 is 0 Å². The summed E-state index contributed by atoms with van der Waals surface area (Å²) in [4.78, 5) is 26.1. The number of hydrogen-bond acceptors (Lipinski definition) is 3. The van der Waals surface area contributed by atoms with Gasteiger partial charge in [-0.15, -0.1) is 0 Å². The van der Waals surface area contributed by atoms with Crippen molar-refractivity contribution < 1.29 is 9.59 Å². The van der Waals surface area contributed by atoms with E-state index in [1.807, 2.05) is 0 Å². The van der Waals surface area contributed by atoms with Crippen molar-refractivity contribution in [1.82, 2.24) is 10.3 Å². The minimum atomic E-state index is -0.706. The zero-order valence-corrected chi connectivity index (χ0v) is 9.61. The molecule has 1 heterocycles. The largest absolute Gasteiger partial charge is 0.368 e. The van der Waals surface area contributed by atoms with E-state index in [2.05, 4.69) is 26.2 Å². The molecule has 1 atom stereocenters. The van der Waals surface area contributed by atoms with E-state index in [1.54, 1.807) is 12.1 Å². The average Bonchev–Trinajstić information content (AvgIpc) is 2.18. The van der Waals surface area contributed by atoms with E-state index < -0.39 is 17.9 Å². The first kappa shape index (κ1) is 11.6. The molecule has 0 fully saturated rings. The Morgan fingerprint density at radius 3 is 2.67 bits per heavy atom. The number of amides is 2. The second kappa shape index (κ2) is 4.88. The Kier molecular flexibility index (Phi) is 3.79. The quantitative estimate of drug-likeness (QED) is 0.837. The molecule has 1 rings (SSSR count). The van der Waals surface area contributed by atoms with Gasteiger partial charge in [-0.2, -0.15) is 0 Å². The molecule has 15 heavy (non-hydrogen) atoms. The smallest absolute Gasteiger partial charge is 0.270 e. The van der Waals surface area contributed by atoms with E-state index >= 15 is 0 Å². The molecule has 0 aromatic carbocycles. The maximum atomic E-state index is 11.5. The van der Waals surface area contributed by atoms with Gasteiger partial charge in [-0.1, -0.05) is 0 Å². The summed E-state index contributed by atoms with van der Waals surface area (Å²) < 4.78 is 0.780. The SMILES string of the molecule is CC(NC(=O)c1ccc(Br)cn1)C(N)=O. The standard InChI is InChI=1S/C9H10BrN3O2/c1-5(8(11)14)13-9(15)7-3-2-6(10)4-12-7/h2-5H,1H3,(H2,11,14)(H,13,15). The Morgan fingerprint density at radius 1 is 1.53 bits per heavy atom. The molecule has 0 aliphatic carbocycles. The van der Waals surface area contributed by atoms with Gasteiger partial charge in [0.25, 0.3) is 5.91 Å². The number of halogens is 1. The molecule has 1 unspecified atom stereocenters. The van der Waals surface area contributed by atoms with Crippen LogP contribution in [-0.4, -0.2) is 22.8 Å². The number of aromatic nitrogens is 1. The summed E-state index contributed by atoms with van der Waals surface area (Å²) in [6.45, 7) is 1.51. The zero-order valence-electron chi connectivity index (χ0n) is 8.03. The van der Waals surface area contributed by atoms with Crippen LogP contribution in [0.3, 0.4) is 0 Å². The zero-order chi connectivity index (χ0) is 11.4. The second-order valence-electron chi connectivity index (χ2n) is 2.96. The number of pyridine rings is 1. The van der Waals surface area contributed by atoms with Gasteiger partial charge < -0.3 is 11.1 Å². The van der Waals surface area contributed by atoms with E-state index in [0.717, 1.165) is 4.47 Å². The van der Waals surface area contributed by atoms with Gasteiger partial charge in [0.1, 0.15) is 11.7 Å². The third-order valence-corrected chi connectivity index (χ3v) is 2.20. The molecule has 1 aromatic heterocycles. The number of carbonyl (C=O) groups excluding carboxylic acids is 2. The molecule has 0 aliphatic rings. The van der Waals surface area contributed by atoms with E-state index in [0.29, 0.717) is 0 Å². The summed E-state index contributed by atoms with van der Waals surface area (Å²) in [7, 11) is 0. The molecule has 0 bridgehead atoms. The number of nitrogens with zero attached hydrogens (tertiary/aromatic N) is 1. The average molecular weight is 272 g/mol. The van der Waals surface area contributed by atoms with Crippen molar-refractivity contribution in [3.63, 3.8) is 0 Å². The van der Waals surface area contributed by atoms with Crippen LogP contribution in [0.5, 0.6) is 0 Å². The van der Waals surface area contributed by atoms with Crippen LogP contribution < -0.4 is 11.1 Å². The van der Waals surface area contributed by atoms with Gasteiger partial charge in [0.2, 0.25) is 5.91 Å². The van der Waals surface area contributed by atoms with Crippen molar-refractivity contribution in [2.24, 2.45) is 5.73 Å². The first-order valence-electron chi connectivity index (χ1n) is 4.22. The van der Waals surface area contributed by atoms with E-state index in [1.165, 1.54) is 13.1 Å². The molecular formula is C9H10BrN3O2. The van der Waals surface area contributed by atoms with Crippen LogP contribution in [0.15, 0.2) is 22.8 Å². The second-order valence-corrected chi connectivity index (χ2v) is 3.87. The Bertz CT molecular complexity index is 377. The van der Waals surface area contributed by atoms with Crippen molar-refractivity contribution in [1.29, 1.82) is 0 Å². The minimum Gasteiger partial charge on any atom is -0.368 e. The summed E-state index contributed by atoms with van der Waals surface area (Å²) in [6.07, 6.45) is 1.50. The highest BCUT2D eigenvalue weighted by Crippen LogP contribution is 2.07. The lowest BCUT2D eigenvalue weighted by Gasteiger charge is -2.09. The van der Waals surface area contributed by atoms with Gasteiger partial charge in [-0.3, -0.25) is 9.59 Å². The molecule has 0 saturated heterocycles. The van der Waals surface area contributed by atoms with Crippen LogP contribution in [0.25, 0.3) is 0 Å². The molecular weight excluding hydrogens is 262 g/mol. The van der Waals surface area contributed by atoms with Crippen molar-refractivity contribution in [2.45, 2.75) is 13.0 Å². The summed E-state index contributed by atoms with van der Waals surface area (Å²) in [5, 5.41) is 2.42. The molecule has 0 radical (unpaired) electrons. The predicted octanol–water partition coefficient (Wildman–Crippen LogP) is 0.448. The lowest BCUT2D eigenvalue weighted by molar-refractivity contribution is -0.119. The highest BCUT2D eigenvalue weighted by atomic mass is 79.9. The van der Waals surface area contributed by atoms with Crippen molar-refractivity contribution in [2.75, 3.05) is 0 Å². The monoisotopic (exact) mass is 271 g/mol. The van der Waals surface area contributed by atoms with Crippen LogP contribution in [0.1, 0.15) is 17.4 Å². The van der Waals surface area contributed by atoms with E-state index in [-0.39, 0.29) is 5.69 Å². The Balaban J connectivity index is 2.69. The topological polar surface area (TPSA) is 85.1 Å². The van der Waals surface area contributed by atoms with Crippen LogP contribution in [0.4, 0.5) is 0 Å². The van der Waals surface area contributed by atoms with Crippen LogP contribution in [-0.2, 0) is 4.79 Å². The summed E-state index contributed by atoms with van der Waals surface area (Å²) >= 11 is 3.20. The number of rotatable bonds is 3. The molecule has 0 saturated carbocycles. The number of carbonyl (C=O) groups is 2. The van der Waals surface area contributed by atoms with Crippen LogP contribution >= 0.6 is 15.9 Å². The lowest BCUT2D eigenvalue weighted by atomic mass is 10.3. The van der Waals surface area contributed by atoms with Crippen molar-refractivity contribution in [3.05, 3.63) is 28.5 Å². The molecule has 3 N–H and O–H groups in total. The molecule has 6 heteroatoms. The van der Waals surface area contributed by atoms with Crippen molar-refractivity contribution >= 4 is 27.7 Å². The normalized spacial score (nSPS) is 11.9. The molecule has 0 aliphatic heterocycles. The van der Waals surface area contributed by atoms with Gasteiger partial charge in [-0.05, 0) is 35.0 Å². The van der Waals surface area contributed by atoms with Crippen LogP contribution in [0, 0.1) is 0 Å². The van der Waals surface area contributed by atoms with Gasteiger partial charge in [-0.25, -0.2) is 4.98 Å². The third-order valence-electron chi connectivity index (χ3n) is 1.73. The van der Waals surface area contributed by atoms with Gasteiger partial charge in [0, 0.05) is 10.7 Å². The molecule has 1 aromatic rings. The summed E-state index contributed by atoms with van der Waals surface area (Å²) in [5.74, 6) is -1.01. The number of hydrogen-bond donors (Lipinski definition) is 2. The summed E-state index contributed by atoms with van der Waals surface area (Å²) in [6, 6.07) is 2.53. The van der Waals surface area contributed by atoms with Crippen LogP contribution in [0.2, 0.25) is 0 Å². The lowest BCUT2D eigenvalue weighted by Crippen LogP contribution is -2.42. The van der Waals surface area contributed by atoms with Gasteiger partial charge in [0.15, 0.2) is 0 Å². The third kappa shape index (κ3) is 3.32. The number of nitrogens with two attached hydrogens (primary N) is 1. The minimum absolute atomic E-state index is 0.242. The highest BCUT2D eigenvalue weighted by molar-refractivity contribution is 9.10. The van der Waals surface area contributed by atoms with Crippen molar-refractivity contribution in [3.8, 4) is 0 Å². The molecule has 80 valence electrons. The first-order valence-corrected chi connectivity index (χ1v) is 5.01. The predicted molar refractivity (Wildman–Crippen MR) is 58.1 cm³/mol. The van der Waals surface area contributed by atoms with E-state index in [4.69, 9.17) is 5.73 Å². The maximum Gasteiger partial charge on any atom is 0.270 e. The fourth-order valence-electron chi connectivity index (χ4n) is 0.852. The summed E-state index contributed by atoms with van der Waals surface area (Å²) in [5.41, 5.74) is 5.25. The van der Waals surface area contributed by atoms with Gasteiger partial charge in [0.05, 0.1) is 0 Å². The van der Waals surface area contributed by atoms with E-state index in [9.17, 15) is 9.59 Å². The first-order chi connectivity index (χ1) is 7.00. The number of nitrogens with one attached hydrogen (secondary N) is 1. The molecule has 2 amide bonds. The fourth-order valence-corrected chi connectivity index (χ4v) is 1.09. The molecule has 5 nitrogen and oxygen atoms in total. The highest BCUT2D eigenvalue weighted by Gasteiger charge is 2.14. The fraction of sp³-hybridized carbons (Fsp3) is 0.222. The Morgan fingerprint density at radius 2 is 2.20 bits per heavy atom.